The van der Waals surface area contributed by atoms with E-state index in [0.29, 0.717) is 27.6 Å². The minimum absolute atomic E-state index is 0.0397. The fraction of sp³-hybridized carbons (Fsp3) is 0.362. The molecule has 3 atom stereocenters. The van der Waals surface area contributed by atoms with Crippen LogP contribution in [0.15, 0.2) is 65.5 Å². The third kappa shape index (κ3) is 7.08. The van der Waals surface area contributed by atoms with Crippen molar-refractivity contribution in [1.29, 1.82) is 0 Å². The van der Waals surface area contributed by atoms with Gasteiger partial charge < -0.3 is 29.2 Å². The number of pyridine rings is 2. The van der Waals surface area contributed by atoms with E-state index in [4.69, 9.17) is 19.2 Å². The van der Waals surface area contributed by atoms with Gasteiger partial charge in [0.1, 0.15) is 25.8 Å². The summed E-state index contributed by atoms with van der Waals surface area (Å²) < 4.78 is 75.9. The van der Waals surface area contributed by atoms with Crippen molar-refractivity contribution in [2.75, 3.05) is 13.3 Å². The number of ether oxygens (including phenoxy) is 3. The Kier molecular flexibility index (Phi) is 10.6. The molecule has 2 N–H and O–H groups in total. The van der Waals surface area contributed by atoms with Gasteiger partial charge in [0.2, 0.25) is 12.0 Å². The lowest BCUT2D eigenvalue weighted by atomic mass is 9.76. The topological polar surface area (TPSA) is 163 Å². The van der Waals surface area contributed by atoms with Gasteiger partial charge in [0, 0.05) is 41.3 Å². The van der Waals surface area contributed by atoms with Crippen LogP contribution in [0.4, 0.5) is 17.6 Å². The number of aliphatic hydroxyl groups is 1. The molecule has 326 valence electrons. The molecule has 0 saturated carbocycles. The first-order valence-corrected chi connectivity index (χ1v) is 20.7. The molecular formula is C47H41F4N3O9. The van der Waals surface area contributed by atoms with Crippen LogP contribution >= 0.6 is 0 Å². The molecule has 1 unspecified atom stereocenters. The Morgan fingerprint density at radius 1 is 1.02 bits per heavy atom. The first-order valence-electron chi connectivity index (χ1n) is 20.7. The highest BCUT2D eigenvalue weighted by atomic mass is 19.4. The number of aromatic nitrogens is 2. The van der Waals surface area contributed by atoms with E-state index in [0.717, 1.165) is 22.3 Å². The largest absolute Gasteiger partial charge is 0.465 e. The van der Waals surface area contributed by atoms with Crippen molar-refractivity contribution in [3.05, 3.63) is 121 Å². The molecule has 3 aromatic carbocycles. The Morgan fingerprint density at radius 3 is 2.40 bits per heavy atom. The van der Waals surface area contributed by atoms with Gasteiger partial charge in [0.15, 0.2) is 11.4 Å². The number of cyclic esters (lactones) is 1. The number of ketones is 1. The number of amides is 1. The highest BCUT2D eigenvalue weighted by Crippen LogP contribution is 2.48. The molecule has 0 saturated heterocycles. The molecule has 2 aliphatic carbocycles. The fourth-order valence-corrected chi connectivity index (χ4v) is 9.77. The zero-order chi connectivity index (χ0) is 44.5. The smallest absolute Gasteiger partial charge is 0.421 e. The second-order valence-electron chi connectivity index (χ2n) is 16.5. The lowest BCUT2D eigenvalue weighted by molar-refractivity contribution is -0.219. The van der Waals surface area contributed by atoms with Gasteiger partial charge >= 0.3 is 18.1 Å². The third-order valence-electron chi connectivity index (χ3n) is 13.0. The highest BCUT2D eigenvalue weighted by Gasteiger charge is 2.48. The Hall–Kier alpha value is -6.26. The maximum Gasteiger partial charge on any atom is 0.421 e. The van der Waals surface area contributed by atoms with Crippen LogP contribution in [0.3, 0.4) is 0 Å². The van der Waals surface area contributed by atoms with Crippen molar-refractivity contribution in [3.8, 4) is 22.5 Å². The van der Waals surface area contributed by atoms with Gasteiger partial charge in [-0.1, -0.05) is 55.5 Å². The Labute approximate surface area is 357 Å². The monoisotopic (exact) mass is 867 g/mol. The molecule has 16 heteroatoms. The molecule has 0 bridgehead atoms. The standard InChI is InChI=1S/C47H41F4N3O9/c1-3-46(60)33-17-36-42-30(19-54(36)44(58)32(33)21-62-45(46)59)40-24(12-13-25-23(2)34(48)18-35(53-42)41(25)40)16-37(55)43(47(49,50)51)63-22-52-38(56)14-15-39(57)61-20-31-28-10-6-4-8-26(28)27-9-5-7-11-29(27)31/h4-11,17-18,24,31,43,60H,3,12-16,19-22H2,1-2H3,(H,52,56)/t24-,43?,46+/m1/s1. The summed E-state index contributed by atoms with van der Waals surface area (Å²) in [6.45, 7) is 1.74. The number of carbonyl (C=O) groups excluding carboxylic acids is 4. The Balaban J connectivity index is 0.895. The number of Topliss-reactive ketones (excluding diaryl/α,β-unsaturated/α-hetero) is 1. The van der Waals surface area contributed by atoms with Crippen LogP contribution in [-0.2, 0) is 58.6 Å². The number of hydrogen-bond acceptors (Lipinski definition) is 10. The number of aryl methyl sites for hydroxylation is 1. The molecule has 5 aromatic rings. The first-order chi connectivity index (χ1) is 30.1. The first kappa shape index (κ1) is 42.1. The van der Waals surface area contributed by atoms with E-state index >= 15 is 4.39 Å². The SMILES string of the molecule is CC[C@@]1(O)C(=O)OCc2c1cc1n(c2=O)Cc2c-1nc1cc(F)c(C)c3c1c2[C@@H](CC(=O)C(OCNC(=O)CCC(=O)OCC1c2ccccc2-c2ccccc21)C(F)(F)F)CC3. The predicted octanol–water partition coefficient (Wildman–Crippen LogP) is 6.67. The van der Waals surface area contributed by atoms with Gasteiger partial charge in [0.05, 0.1) is 35.4 Å². The van der Waals surface area contributed by atoms with Crippen molar-refractivity contribution in [2.45, 2.75) is 95.2 Å². The van der Waals surface area contributed by atoms with E-state index in [2.05, 4.69) is 5.32 Å². The van der Waals surface area contributed by atoms with Gasteiger partial charge in [-0.3, -0.25) is 19.2 Å². The van der Waals surface area contributed by atoms with E-state index in [1.165, 1.54) is 16.7 Å². The second-order valence-corrected chi connectivity index (χ2v) is 16.5. The minimum Gasteiger partial charge on any atom is -0.465 e. The molecule has 63 heavy (non-hydrogen) atoms. The van der Waals surface area contributed by atoms with Gasteiger partial charge in [-0.15, -0.1) is 0 Å². The van der Waals surface area contributed by atoms with Crippen LogP contribution < -0.4 is 10.9 Å². The third-order valence-corrected chi connectivity index (χ3v) is 13.0. The molecular weight excluding hydrogens is 827 g/mol. The summed E-state index contributed by atoms with van der Waals surface area (Å²) in [4.78, 5) is 70.4. The number of nitrogens with one attached hydrogen (secondary N) is 1. The van der Waals surface area contributed by atoms with E-state index in [9.17, 15) is 42.3 Å². The van der Waals surface area contributed by atoms with E-state index in [-0.39, 0.29) is 79.4 Å². The number of esters is 2. The molecule has 4 heterocycles. The average molecular weight is 868 g/mol. The number of hydrogen-bond donors (Lipinski definition) is 2. The van der Waals surface area contributed by atoms with Gasteiger partial charge in [-0.05, 0) is 77.1 Å². The van der Waals surface area contributed by atoms with Crippen molar-refractivity contribution >= 4 is 34.5 Å². The van der Waals surface area contributed by atoms with Crippen molar-refractivity contribution < 1.29 is 56.1 Å². The quantitative estimate of drug-likeness (QED) is 0.0772. The van der Waals surface area contributed by atoms with E-state index < -0.39 is 78.4 Å². The van der Waals surface area contributed by atoms with E-state index in [1.807, 2.05) is 48.5 Å². The number of fused-ring (bicyclic) bond motifs is 8. The molecule has 12 nitrogen and oxygen atoms in total. The van der Waals surface area contributed by atoms with Crippen molar-refractivity contribution in [2.24, 2.45) is 0 Å². The van der Waals surface area contributed by atoms with Crippen LogP contribution in [0.5, 0.6) is 0 Å². The minimum atomic E-state index is -5.16. The Bertz CT molecular complexity index is 2790. The second kappa shape index (κ2) is 15.8. The number of alkyl halides is 3. The number of benzene rings is 3. The maximum absolute atomic E-state index is 15.3. The molecule has 2 aromatic heterocycles. The van der Waals surface area contributed by atoms with Crippen LogP contribution in [0.1, 0.15) is 95.4 Å². The molecule has 0 fully saturated rings. The lowest BCUT2D eigenvalue weighted by Crippen LogP contribution is -2.44. The molecule has 4 aliphatic rings. The summed E-state index contributed by atoms with van der Waals surface area (Å²) in [7, 11) is 0. The fourth-order valence-electron chi connectivity index (χ4n) is 9.77. The number of rotatable bonds is 12. The van der Waals surface area contributed by atoms with E-state index in [1.54, 1.807) is 13.8 Å². The van der Waals surface area contributed by atoms with Crippen LogP contribution in [0.2, 0.25) is 0 Å². The van der Waals surface area contributed by atoms with Gasteiger partial charge in [0.25, 0.3) is 5.56 Å². The summed E-state index contributed by atoms with van der Waals surface area (Å²) >= 11 is 0. The summed E-state index contributed by atoms with van der Waals surface area (Å²) in [5.41, 5.74) is 3.98. The Morgan fingerprint density at radius 2 is 1.71 bits per heavy atom. The summed E-state index contributed by atoms with van der Waals surface area (Å²) in [6.07, 6.45) is -9.19. The summed E-state index contributed by atoms with van der Waals surface area (Å²) in [5, 5.41) is 14.0. The molecule has 0 radical (unpaired) electrons. The summed E-state index contributed by atoms with van der Waals surface area (Å²) in [6, 6.07) is 18.3. The maximum atomic E-state index is 15.3. The molecule has 0 spiro atoms. The normalized spacial score (nSPS) is 18.8. The van der Waals surface area contributed by atoms with Crippen LogP contribution in [0, 0.1) is 12.7 Å². The number of nitrogens with zero attached hydrogens (tertiary/aromatic N) is 2. The number of carbonyl (C=O) groups is 4. The molecule has 2 aliphatic heterocycles. The lowest BCUT2D eigenvalue weighted by Gasteiger charge is -2.31. The molecule has 9 rings (SSSR count). The summed E-state index contributed by atoms with van der Waals surface area (Å²) in [5.74, 6) is -5.28. The van der Waals surface area contributed by atoms with Crippen molar-refractivity contribution in [1.82, 2.24) is 14.9 Å². The van der Waals surface area contributed by atoms with Crippen molar-refractivity contribution in [3.63, 3.8) is 0 Å². The highest BCUT2D eigenvalue weighted by molar-refractivity contribution is 5.95. The van der Waals surface area contributed by atoms with Crippen LogP contribution in [-0.4, -0.2) is 63.9 Å². The zero-order valence-corrected chi connectivity index (χ0v) is 34.2. The van der Waals surface area contributed by atoms with Crippen LogP contribution in [0.25, 0.3) is 33.4 Å². The van der Waals surface area contributed by atoms with Gasteiger partial charge in [-0.2, -0.15) is 13.2 Å². The molecule has 1 amide bonds. The zero-order valence-electron chi connectivity index (χ0n) is 34.2. The van der Waals surface area contributed by atoms with Gasteiger partial charge in [-0.25, -0.2) is 14.2 Å². The number of halogens is 4. The average Bonchev–Trinajstić information content (AvgIpc) is 3.79. The predicted molar refractivity (Wildman–Crippen MR) is 218 cm³/mol.